The molecule has 0 bridgehead atoms. The molecule has 0 saturated heterocycles. The minimum absolute atomic E-state index is 0. The number of rotatable bonds is 0. The zero-order valence-electron chi connectivity index (χ0n) is 9.05. The van der Waals surface area contributed by atoms with Gasteiger partial charge in [-0.15, -0.1) is 0 Å². The van der Waals surface area contributed by atoms with Crippen molar-refractivity contribution in [1.29, 1.82) is 0 Å². The SMILES string of the molecule is O=C([O-])C(=O)[O-].O=C([O-])C(=O)[O-].O=C([O-])C(=O)[O-].[Al+3].[Al+3].[RbH].[RbH]. The van der Waals surface area contributed by atoms with Crippen molar-refractivity contribution < 1.29 is 59.4 Å². The monoisotopic (exact) mass is 490 g/mol. The van der Waals surface area contributed by atoms with Gasteiger partial charge in [0.2, 0.25) is 0 Å². The first-order chi connectivity index (χ1) is 7.93. The van der Waals surface area contributed by atoms with E-state index >= 15 is 0 Å². The third-order valence-corrected chi connectivity index (χ3v) is 0.500. The molecule has 0 unspecified atom stereocenters. The summed E-state index contributed by atoms with van der Waals surface area (Å²) in [5, 5.41) is 53.6. The van der Waals surface area contributed by atoms with Gasteiger partial charge in [-0.3, -0.25) is 0 Å². The van der Waals surface area contributed by atoms with E-state index < -0.39 is 35.8 Å². The van der Waals surface area contributed by atoms with Crippen LogP contribution in [-0.2, 0) is 28.8 Å². The van der Waals surface area contributed by atoms with Crippen LogP contribution in [0.15, 0.2) is 0 Å². The predicted octanol–water partition coefficient (Wildman–Crippen LogP) is -12.6. The van der Waals surface area contributed by atoms with Crippen molar-refractivity contribution in [3.63, 3.8) is 0 Å². The zero-order chi connectivity index (χ0) is 15.5. The summed E-state index contributed by atoms with van der Waals surface area (Å²) in [5.74, 6) is -13.1. The van der Waals surface area contributed by atoms with Crippen molar-refractivity contribution in [3.8, 4) is 0 Å². The topological polar surface area (TPSA) is 241 Å². The number of hydrogen-bond donors (Lipinski definition) is 0. The van der Waals surface area contributed by atoms with Gasteiger partial charge in [-0.25, -0.2) is 0 Å². The van der Waals surface area contributed by atoms with Gasteiger partial charge in [0.1, 0.15) is 0 Å². The fourth-order valence-electron chi connectivity index (χ4n) is 0. The molecule has 0 aliphatic rings. The van der Waals surface area contributed by atoms with Gasteiger partial charge in [-0.05, 0) is 0 Å². The molecule has 0 radical (unpaired) electrons. The number of carbonyl (C=O) groups excluding carboxylic acids is 6. The molecule has 0 fully saturated rings. The van der Waals surface area contributed by atoms with E-state index in [2.05, 4.69) is 0 Å². The van der Waals surface area contributed by atoms with Crippen molar-refractivity contribution >= 4 is 187 Å². The number of carboxylic acid groups (broad SMARTS) is 6. The molecule has 16 heteroatoms. The average Bonchev–Trinajstić information content (AvgIpc) is 2.18. The van der Waals surface area contributed by atoms with Gasteiger partial charge in [-0.1, -0.05) is 0 Å². The van der Waals surface area contributed by atoms with Crippen LogP contribution in [0.5, 0.6) is 0 Å². The molecule has 0 N–H and O–H groups in total. The number of carbonyl (C=O) groups is 6. The van der Waals surface area contributed by atoms with E-state index in [1.165, 1.54) is 0 Å². The van der Waals surface area contributed by atoms with Crippen molar-refractivity contribution in [1.82, 2.24) is 0 Å². The normalized spacial score (nSPS) is 6.00. The molecule has 0 spiro atoms. The van der Waals surface area contributed by atoms with Crippen molar-refractivity contribution in [2.24, 2.45) is 0 Å². The Morgan fingerprint density at radius 3 is 0.409 bits per heavy atom. The Labute approximate surface area is 241 Å². The van der Waals surface area contributed by atoms with Crippen LogP contribution in [-0.4, -0.2) is 187 Å². The van der Waals surface area contributed by atoms with Crippen LogP contribution < -0.4 is 30.6 Å². The van der Waals surface area contributed by atoms with Gasteiger partial charge in [0.15, 0.2) is 0 Å². The Morgan fingerprint density at radius 1 is 0.364 bits per heavy atom. The van der Waals surface area contributed by atoms with Gasteiger partial charge < -0.3 is 59.4 Å². The van der Waals surface area contributed by atoms with Gasteiger partial charge >= 0.3 is 151 Å². The Kier molecular flexibility index (Phi) is 54.3. The predicted molar refractivity (Wildman–Crippen MR) is 55.8 cm³/mol. The van der Waals surface area contributed by atoms with Crippen molar-refractivity contribution in [2.75, 3.05) is 0 Å². The van der Waals surface area contributed by atoms with E-state index in [1.54, 1.807) is 0 Å². The summed E-state index contributed by atoms with van der Waals surface area (Å²) in [7, 11) is 0. The van der Waals surface area contributed by atoms with E-state index in [-0.39, 0.29) is 151 Å². The zero-order valence-corrected chi connectivity index (χ0v) is 11.4. The summed E-state index contributed by atoms with van der Waals surface area (Å²) in [6.45, 7) is 0. The fourth-order valence-corrected chi connectivity index (χ4v) is 0. The van der Waals surface area contributed by atoms with Gasteiger partial charge in [0.05, 0.1) is 35.8 Å². The molecule has 0 atom stereocenters. The van der Waals surface area contributed by atoms with Crippen molar-refractivity contribution in [3.05, 3.63) is 0 Å². The molecule has 0 amide bonds. The second-order valence-electron chi connectivity index (χ2n) is 1.72. The molecule has 0 aromatic rings. The van der Waals surface area contributed by atoms with Crippen LogP contribution in [0.4, 0.5) is 0 Å². The average molecular weight is 491 g/mol. The molecule has 106 valence electrons. The van der Waals surface area contributed by atoms with Crippen LogP contribution in [0, 0.1) is 0 Å². The first kappa shape index (κ1) is 43.7. The van der Waals surface area contributed by atoms with Crippen molar-refractivity contribution in [2.45, 2.75) is 0 Å². The molecular formula is C6H2Al2O12Rb2. The van der Waals surface area contributed by atoms with E-state index in [9.17, 15) is 0 Å². The van der Waals surface area contributed by atoms with Crippen LogP contribution in [0.3, 0.4) is 0 Å². The van der Waals surface area contributed by atoms with Crippen LogP contribution in [0.25, 0.3) is 0 Å². The maximum atomic E-state index is 8.93. The Morgan fingerprint density at radius 2 is 0.409 bits per heavy atom. The first-order valence-corrected chi connectivity index (χ1v) is 3.20. The summed E-state index contributed by atoms with van der Waals surface area (Å²) < 4.78 is 0. The van der Waals surface area contributed by atoms with Gasteiger partial charge in [0, 0.05) is 0 Å². The van der Waals surface area contributed by atoms with E-state index in [1.807, 2.05) is 0 Å². The Balaban J connectivity index is -0.0000000281. The second kappa shape index (κ2) is 27.3. The summed E-state index contributed by atoms with van der Waals surface area (Å²) in [6, 6.07) is 0. The van der Waals surface area contributed by atoms with Gasteiger partial charge in [0.25, 0.3) is 0 Å². The summed E-state index contributed by atoms with van der Waals surface area (Å²) in [6.07, 6.45) is 0. The van der Waals surface area contributed by atoms with E-state index in [4.69, 9.17) is 59.4 Å². The van der Waals surface area contributed by atoms with Crippen LogP contribution in [0.1, 0.15) is 0 Å². The molecule has 0 aromatic heterocycles. The third-order valence-electron chi connectivity index (χ3n) is 0.500. The summed E-state index contributed by atoms with van der Waals surface area (Å²) in [5.41, 5.74) is 0. The molecular weight excluding hydrogens is 489 g/mol. The summed E-state index contributed by atoms with van der Waals surface area (Å²) >= 11 is 0. The number of hydrogen-bond acceptors (Lipinski definition) is 12. The van der Waals surface area contributed by atoms with E-state index in [0.29, 0.717) is 0 Å². The third kappa shape index (κ3) is 49.6. The quantitative estimate of drug-likeness (QED) is 0.227. The van der Waals surface area contributed by atoms with E-state index in [0.717, 1.165) is 0 Å². The molecule has 0 saturated carbocycles. The summed E-state index contributed by atoms with van der Waals surface area (Å²) in [4.78, 5) is 53.6. The molecule has 0 aliphatic heterocycles. The second-order valence-corrected chi connectivity index (χ2v) is 1.72. The number of aliphatic carboxylic acids is 6. The molecule has 0 heterocycles. The first-order valence-electron chi connectivity index (χ1n) is 3.20. The van der Waals surface area contributed by atoms with Crippen LogP contribution in [0.2, 0.25) is 0 Å². The van der Waals surface area contributed by atoms with Crippen LogP contribution >= 0.6 is 0 Å². The minimum atomic E-state index is -2.19. The molecule has 12 nitrogen and oxygen atoms in total. The molecule has 22 heavy (non-hydrogen) atoms. The maximum absolute atomic E-state index is 8.93. The standard InChI is InChI=1S/3C2H2O4.2Al.2Rb.2H/c3*3-1(4)2(5)6;;;;;;/h3*(H,3,4)(H,5,6);;;;;;/q;;;2*+3;;;;/p-6. The Hall–Kier alpha value is 1.50. The molecule has 0 aliphatic carbocycles. The molecule has 0 rings (SSSR count). The Bertz CT molecular complexity index is 291. The molecule has 0 aromatic carbocycles. The van der Waals surface area contributed by atoms with Gasteiger partial charge in [-0.2, -0.15) is 0 Å². The number of carboxylic acids is 6. The fraction of sp³-hybridized carbons (Fsp3) is 0.